The number of rotatable bonds is 2. The number of nitrogens with zero attached hydrogens (tertiary/aromatic N) is 2. The molecule has 0 unspecified atom stereocenters. The summed E-state index contributed by atoms with van der Waals surface area (Å²) in [7, 11) is 0. The van der Waals surface area contributed by atoms with Gasteiger partial charge in [-0.1, -0.05) is 0 Å². The summed E-state index contributed by atoms with van der Waals surface area (Å²) in [6, 6.07) is 3.07. The number of anilines is 1. The minimum absolute atomic E-state index is 0.192. The van der Waals surface area contributed by atoms with E-state index in [2.05, 4.69) is 20.5 Å². The van der Waals surface area contributed by atoms with Gasteiger partial charge in [0.25, 0.3) is 0 Å². The molecule has 0 saturated carbocycles. The van der Waals surface area contributed by atoms with E-state index in [1.165, 1.54) is 19.2 Å². The van der Waals surface area contributed by atoms with E-state index in [0.717, 1.165) is 0 Å². The van der Waals surface area contributed by atoms with E-state index in [1.54, 1.807) is 12.3 Å². The number of halogens is 1. The van der Waals surface area contributed by atoms with Gasteiger partial charge in [-0.2, -0.15) is 9.49 Å². The van der Waals surface area contributed by atoms with Gasteiger partial charge in [0.2, 0.25) is 11.9 Å². The molecule has 2 N–H and O–H groups in total. The minimum atomic E-state index is -0.646. The van der Waals surface area contributed by atoms with Gasteiger partial charge in [-0.25, -0.2) is 4.98 Å². The number of nitrogens with one attached hydrogen (secondary N) is 2. The summed E-state index contributed by atoms with van der Waals surface area (Å²) in [5.41, 5.74) is 0.947. The first-order chi connectivity index (χ1) is 7.66. The Morgan fingerprint density at radius 3 is 2.88 bits per heavy atom. The summed E-state index contributed by atoms with van der Waals surface area (Å²) in [4.78, 5) is 14.4. The van der Waals surface area contributed by atoms with Crippen molar-refractivity contribution in [3.05, 3.63) is 30.5 Å². The molecule has 0 aliphatic carbocycles. The van der Waals surface area contributed by atoms with Gasteiger partial charge in [0.15, 0.2) is 0 Å². The van der Waals surface area contributed by atoms with Crippen LogP contribution in [-0.4, -0.2) is 21.1 Å². The van der Waals surface area contributed by atoms with Crippen molar-refractivity contribution < 1.29 is 9.18 Å². The maximum atomic E-state index is 13.6. The van der Waals surface area contributed by atoms with Gasteiger partial charge in [-0.3, -0.25) is 9.89 Å². The molecule has 2 aromatic rings. The summed E-state index contributed by atoms with van der Waals surface area (Å²) in [5.74, 6) is -0.743. The Hall–Kier alpha value is -2.24. The van der Waals surface area contributed by atoms with Gasteiger partial charge in [0.1, 0.15) is 5.82 Å². The van der Waals surface area contributed by atoms with Gasteiger partial charge >= 0.3 is 0 Å². The predicted octanol–water partition coefficient (Wildman–Crippen LogP) is 1.57. The molecule has 6 heteroatoms. The molecule has 16 heavy (non-hydrogen) atoms. The Morgan fingerprint density at radius 1 is 1.50 bits per heavy atom. The Bertz CT molecular complexity index is 510. The fourth-order valence-electron chi connectivity index (χ4n) is 1.30. The van der Waals surface area contributed by atoms with Crippen molar-refractivity contribution in [2.45, 2.75) is 6.92 Å². The Labute approximate surface area is 90.7 Å². The minimum Gasteiger partial charge on any atom is -0.311 e. The molecular formula is C10H9FN4O. The van der Waals surface area contributed by atoms with Crippen molar-refractivity contribution in [2.24, 2.45) is 0 Å². The number of aromatic nitrogens is 3. The van der Waals surface area contributed by atoms with Gasteiger partial charge in [-0.15, -0.1) is 0 Å². The smallest absolute Gasteiger partial charge is 0.222 e. The molecule has 5 nitrogen and oxygen atoms in total. The van der Waals surface area contributed by atoms with Crippen molar-refractivity contribution in [3.8, 4) is 11.1 Å². The lowest BCUT2D eigenvalue weighted by molar-refractivity contribution is -0.114. The molecule has 0 aliphatic heterocycles. The Balaban J connectivity index is 2.34. The van der Waals surface area contributed by atoms with Crippen LogP contribution in [0.25, 0.3) is 11.1 Å². The fraction of sp³-hybridized carbons (Fsp3) is 0.100. The number of carbonyl (C=O) groups is 1. The monoisotopic (exact) mass is 220 g/mol. The number of carbonyl (C=O) groups excluding carboxylic acids is 1. The van der Waals surface area contributed by atoms with Gasteiger partial charge in [-0.05, 0) is 12.1 Å². The number of hydrogen-bond acceptors (Lipinski definition) is 3. The van der Waals surface area contributed by atoms with Crippen molar-refractivity contribution in [2.75, 3.05) is 5.32 Å². The molecule has 0 radical (unpaired) electrons. The van der Waals surface area contributed by atoms with Crippen LogP contribution in [0.15, 0.2) is 24.5 Å². The highest BCUT2D eigenvalue weighted by Gasteiger charge is 2.08. The molecule has 2 heterocycles. The highest BCUT2D eigenvalue weighted by Crippen LogP contribution is 2.21. The van der Waals surface area contributed by atoms with E-state index in [0.29, 0.717) is 11.1 Å². The summed E-state index contributed by atoms with van der Waals surface area (Å²) < 4.78 is 13.6. The molecule has 2 rings (SSSR count). The number of aromatic amines is 1. The molecule has 0 spiro atoms. The molecule has 0 saturated heterocycles. The van der Waals surface area contributed by atoms with Crippen LogP contribution in [0.4, 0.5) is 10.2 Å². The number of H-pyrrole nitrogens is 1. The van der Waals surface area contributed by atoms with Crippen LogP contribution in [0.5, 0.6) is 0 Å². The molecule has 0 bridgehead atoms. The number of amides is 1. The van der Waals surface area contributed by atoms with E-state index in [4.69, 9.17) is 0 Å². The van der Waals surface area contributed by atoms with E-state index >= 15 is 0 Å². The third-order valence-electron chi connectivity index (χ3n) is 1.96. The molecule has 1 amide bonds. The van der Waals surface area contributed by atoms with Crippen molar-refractivity contribution >= 4 is 11.7 Å². The largest absolute Gasteiger partial charge is 0.311 e. The van der Waals surface area contributed by atoms with E-state index in [9.17, 15) is 9.18 Å². The molecule has 0 aromatic carbocycles. The first-order valence-electron chi connectivity index (χ1n) is 4.60. The fourth-order valence-corrected chi connectivity index (χ4v) is 1.30. The second-order valence-electron chi connectivity index (χ2n) is 3.20. The Morgan fingerprint density at radius 2 is 2.31 bits per heavy atom. The van der Waals surface area contributed by atoms with Crippen LogP contribution in [0, 0.1) is 5.95 Å². The predicted molar refractivity (Wildman–Crippen MR) is 56.1 cm³/mol. The van der Waals surface area contributed by atoms with Gasteiger partial charge in [0, 0.05) is 24.2 Å². The van der Waals surface area contributed by atoms with Crippen molar-refractivity contribution in [3.63, 3.8) is 0 Å². The number of pyridine rings is 1. The van der Waals surface area contributed by atoms with Crippen LogP contribution in [0.1, 0.15) is 6.92 Å². The Kier molecular flexibility index (Phi) is 2.63. The maximum Gasteiger partial charge on any atom is 0.222 e. The summed E-state index contributed by atoms with van der Waals surface area (Å²) >= 11 is 0. The zero-order valence-corrected chi connectivity index (χ0v) is 8.49. The zero-order chi connectivity index (χ0) is 11.5. The van der Waals surface area contributed by atoms with Crippen LogP contribution in [0.2, 0.25) is 0 Å². The maximum absolute atomic E-state index is 13.6. The summed E-state index contributed by atoms with van der Waals surface area (Å²) in [5, 5.41) is 8.71. The third kappa shape index (κ3) is 2.05. The molecule has 0 aliphatic rings. The lowest BCUT2D eigenvalue weighted by Gasteiger charge is -2.03. The zero-order valence-electron chi connectivity index (χ0n) is 8.49. The van der Waals surface area contributed by atoms with Gasteiger partial charge < -0.3 is 5.32 Å². The van der Waals surface area contributed by atoms with Crippen LogP contribution < -0.4 is 5.32 Å². The SMILES string of the molecule is CC(=O)Nc1ccc(-c2cn[nH]c2)c(F)n1. The standard InChI is InChI=1S/C10H9FN4O/c1-6(16)14-9-3-2-8(10(11)15-9)7-4-12-13-5-7/h2-5H,1H3,(H,12,13)(H,14,15,16). The molecule has 82 valence electrons. The van der Waals surface area contributed by atoms with Crippen molar-refractivity contribution in [1.29, 1.82) is 0 Å². The average molecular weight is 220 g/mol. The topological polar surface area (TPSA) is 70.7 Å². The molecule has 0 fully saturated rings. The van der Waals surface area contributed by atoms with Crippen LogP contribution in [0.3, 0.4) is 0 Å². The third-order valence-corrected chi connectivity index (χ3v) is 1.96. The molecule has 0 atom stereocenters. The summed E-state index contributed by atoms with van der Waals surface area (Å²) in [6.45, 7) is 1.34. The second kappa shape index (κ2) is 4.09. The quantitative estimate of drug-likeness (QED) is 0.754. The normalized spacial score (nSPS) is 10.1. The lowest BCUT2D eigenvalue weighted by atomic mass is 10.1. The van der Waals surface area contributed by atoms with E-state index < -0.39 is 5.95 Å². The van der Waals surface area contributed by atoms with Crippen LogP contribution in [-0.2, 0) is 4.79 Å². The second-order valence-corrected chi connectivity index (χ2v) is 3.20. The first kappa shape index (κ1) is 10.3. The summed E-state index contributed by atoms with van der Waals surface area (Å²) in [6.07, 6.45) is 3.07. The highest BCUT2D eigenvalue weighted by atomic mass is 19.1. The van der Waals surface area contributed by atoms with E-state index in [-0.39, 0.29) is 11.7 Å². The van der Waals surface area contributed by atoms with Crippen molar-refractivity contribution in [1.82, 2.24) is 15.2 Å². The average Bonchev–Trinajstić information content (AvgIpc) is 2.69. The highest BCUT2D eigenvalue weighted by molar-refractivity contribution is 5.87. The molecular weight excluding hydrogens is 211 g/mol. The first-order valence-corrected chi connectivity index (χ1v) is 4.60. The number of hydrogen-bond donors (Lipinski definition) is 2. The lowest BCUT2D eigenvalue weighted by Crippen LogP contribution is -2.08. The van der Waals surface area contributed by atoms with Crippen LogP contribution >= 0.6 is 0 Å². The molecule has 2 aromatic heterocycles. The van der Waals surface area contributed by atoms with Gasteiger partial charge in [0.05, 0.1) is 6.20 Å². The van der Waals surface area contributed by atoms with E-state index in [1.807, 2.05) is 0 Å².